The number of rotatable bonds is 12. The number of nitrogens with zero attached hydrogens (tertiary/aromatic N) is 2. The van der Waals surface area contributed by atoms with Gasteiger partial charge in [0.05, 0.1) is 6.04 Å². The highest BCUT2D eigenvalue weighted by molar-refractivity contribution is 5.65. The highest BCUT2D eigenvalue weighted by Gasteiger charge is 2.22. The van der Waals surface area contributed by atoms with E-state index in [4.69, 9.17) is 4.52 Å². The normalized spacial score (nSPS) is 16.5. The van der Waals surface area contributed by atoms with E-state index in [1.54, 1.807) is 0 Å². The zero-order chi connectivity index (χ0) is 21.2. The van der Waals surface area contributed by atoms with Crippen LogP contribution in [0.1, 0.15) is 94.2 Å². The predicted octanol–water partition coefficient (Wildman–Crippen LogP) is 7.18. The summed E-state index contributed by atoms with van der Waals surface area (Å²) in [5.41, 5.74) is 4.60. The molecule has 162 valence electrons. The number of unbranched alkanes of at least 4 members (excludes halogenated alkanes) is 6. The second kappa shape index (κ2) is 11.8. The van der Waals surface area contributed by atoms with E-state index in [2.05, 4.69) is 66.2 Å². The molecule has 0 spiro atoms. The molecule has 0 aliphatic carbocycles. The first-order chi connectivity index (χ1) is 14.7. The van der Waals surface area contributed by atoms with E-state index in [1.165, 1.54) is 61.6 Å². The van der Waals surface area contributed by atoms with Crippen LogP contribution < -0.4 is 5.32 Å². The van der Waals surface area contributed by atoms with Gasteiger partial charge in [0, 0.05) is 5.56 Å². The monoisotopic (exact) mass is 407 g/mol. The van der Waals surface area contributed by atoms with Crippen molar-refractivity contribution in [1.29, 1.82) is 0 Å². The summed E-state index contributed by atoms with van der Waals surface area (Å²) in [4.78, 5) is 4.62. The van der Waals surface area contributed by atoms with Crippen LogP contribution in [0.5, 0.6) is 0 Å². The van der Waals surface area contributed by atoms with Gasteiger partial charge in [-0.1, -0.05) is 87.0 Å². The maximum atomic E-state index is 5.50. The topological polar surface area (TPSA) is 51.0 Å². The van der Waals surface area contributed by atoms with E-state index in [9.17, 15) is 0 Å². The predicted molar refractivity (Wildman–Crippen MR) is 125 cm³/mol. The van der Waals surface area contributed by atoms with Crippen molar-refractivity contribution in [2.24, 2.45) is 0 Å². The van der Waals surface area contributed by atoms with Crippen LogP contribution >= 0.6 is 0 Å². The van der Waals surface area contributed by atoms with E-state index in [0.717, 1.165) is 31.4 Å². The van der Waals surface area contributed by atoms with Crippen LogP contribution in [0.2, 0.25) is 0 Å². The van der Waals surface area contributed by atoms with Gasteiger partial charge in [0.15, 0.2) is 0 Å². The summed E-state index contributed by atoms with van der Waals surface area (Å²) in [6, 6.07) is 6.53. The summed E-state index contributed by atoms with van der Waals surface area (Å²) in [6.45, 7) is 9.66. The summed E-state index contributed by atoms with van der Waals surface area (Å²) in [7, 11) is 0. The molecule has 1 N–H and O–H groups in total. The van der Waals surface area contributed by atoms with Crippen LogP contribution in [-0.2, 0) is 0 Å². The van der Waals surface area contributed by atoms with Crippen LogP contribution in [0.3, 0.4) is 0 Å². The molecule has 4 heteroatoms. The second-order valence-corrected chi connectivity index (χ2v) is 8.54. The van der Waals surface area contributed by atoms with E-state index in [0.29, 0.717) is 11.7 Å². The molecular formula is C26H37N3O. The molecule has 3 rings (SSSR count). The summed E-state index contributed by atoms with van der Waals surface area (Å²) in [5, 5.41) is 7.61. The van der Waals surface area contributed by atoms with Gasteiger partial charge in [-0.15, -0.1) is 0 Å². The van der Waals surface area contributed by atoms with Crippen molar-refractivity contribution in [3.05, 3.63) is 53.4 Å². The van der Waals surface area contributed by atoms with Gasteiger partial charge in [-0.25, -0.2) is 0 Å². The molecule has 0 bridgehead atoms. The maximum absolute atomic E-state index is 5.50. The van der Waals surface area contributed by atoms with Gasteiger partial charge in [0.25, 0.3) is 0 Å². The molecule has 1 saturated heterocycles. The molecule has 2 aromatic rings. The van der Waals surface area contributed by atoms with Gasteiger partial charge in [-0.05, 0) is 56.3 Å². The van der Waals surface area contributed by atoms with Gasteiger partial charge in [0.1, 0.15) is 0 Å². The van der Waals surface area contributed by atoms with Crippen LogP contribution in [0.25, 0.3) is 17.5 Å². The molecule has 1 atom stereocenters. The third-order valence-corrected chi connectivity index (χ3v) is 5.94. The molecule has 1 aliphatic rings. The van der Waals surface area contributed by atoms with Crippen molar-refractivity contribution in [1.82, 2.24) is 15.5 Å². The Morgan fingerprint density at radius 1 is 1.20 bits per heavy atom. The molecule has 1 fully saturated rings. The Kier molecular flexibility index (Phi) is 8.88. The first-order valence-electron chi connectivity index (χ1n) is 11.7. The molecular weight excluding hydrogens is 370 g/mol. The zero-order valence-electron chi connectivity index (χ0n) is 18.8. The quantitative estimate of drug-likeness (QED) is 0.299. The molecule has 30 heavy (non-hydrogen) atoms. The molecule has 0 amide bonds. The number of aromatic nitrogens is 2. The fourth-order valence-corrected chi connectivity index (χ4v) is 3.95. The number of hydrogen-bond acceptors (Lipinski definition) is 4. The highest BCUT2D eigenvalue weighted by atomic mass is 16.5. The van der Waals surface area contributed by atoms with E-state index >= 15 is 0 Å². The lowest BCUT2D eigenvalue weighted by molar-refractivity contribution is 0.345. The number of hydrogen-bond donors (Lipinski definition) is 1. The first-order valence-corrected chi connectivity index (χ1v) is 11.7. The largest absolute Gasteiger partial charge is 0.337 e. The van der Waals surface area contributed by atoms with E-state index in [1.807, 2.05) is 0 Å². The summed E-state index contributed by atoms with van der Waals surface area (Å²) >= 11 is 0. The van der Waals surface area contributed by atoms with Crippen LogP contribution in [0.4, 0.5) is 0 Å². The average molecular weight is 408 g/mol. The first kappa shape index (κ1) is 22.5. The Bertz CT molecular complexity index is 831. The minimum absolute atomic E-state index is 0.200. The van der Waals surface area contributed by atoms with Crippen molar-refractivity contribution in [3.63, 3.8) is 0 Å². The standard InChI is InChI=1S/C26H37N3O/c1-4-5-6-7-8-9-10-12-20(2)14-16-22-19-23(17-15-21(22)3)25-28-26(30-29-25)24-13-11-18-27-24/h14-17,19,24,27H,2,4-13,18H2,1,3H3/b16-14-/t24-/m0/s1. The Morgan fingerprint density at radius 2 is 2.00 bits per heavy atom. The fourth-order valence-electron chi connectivity index (χ4n) is 3.95. The van der Waals surface area contributed by atoms with Crippen LogP contribution in [-0.4, -0.2) is 16.7 Å². The van der Waals surface area contributed by atoms with Crippen molar-refractivity contribution >= 4 is 6.08 Å². The molecule has 0 unspecified atom stereocenters. The number of allylic oxidation sites excluding steroid dienone is 2. The van der Waals surface area contributed by atoms with Crippen molar-refractivity contribution in [3.8, 4) is 11.4 Å². The zero-order valence-corrected chi connectivity index (χ0v) is 18.8. The Labute approximate surface area is 181 Å². The average Bonchev–Trinajstić information content (AvgIpc) is 3.44. The molecule has 1 aliphatic heterocycles. The van der Waals surface area contributed by atoms with E-state index < -0.39 is 0 Å². The van der Waals surface area contributed by atoms with Gasteiger partial charge in [-0.3, -0.25) is 0 Å². The molecule has 1 aromatic heterocycles. The van der Waals surface area contributed by atoms with Gasteiger partial charge in [-0.2, -0.15) is 4.98 Å². The lowest BCUT2D eigenvalue weighted by Gasteiger charge is -2.05. The molecule has 2 heterocycles. The SMILES string of the molecule is C=C(/C=C\c1cc(-c2noc([C@@H]3CCCN3)n2)ccc1C)CCCCCCCCC. The third kappa shape index (κ3) is 6.66. The molecule has 1 aromatic carbocycles. The van der Waals surface area contributed by atoms with Gasteiger partial charge < -0.3 is 9.84 Å². The van der Waals surface area contributed by atoms with Crippen LogP contribution in [0, 0.1) is 6.92 Å². The highest BCUT2D eigenvalue weighted by Crippen LogP contribution is 2.26. The minimum Gasteiger partial charge on any atom is -0.337 e. The van der Waals surface area contributed by atoms with Crippen molar-refractivity contribution < 1.29 is 4.52 Å². The molecule has 0 saturated carbocycles. The van der Waals surface area contributed by atoms with Crippen molar-refractivity contribution in [2.75, 3.05) is 6.54 Å². The summed E-state index contributed by atoms with van der Waals surface area (Å²) < 4.78 is 5.50. The number of nitrogens with one attached hydrogen (secondary N) is 1. The third-order valence-electron chi connectivity index (χ3n) is 5.94. The van der Waals surface area contributed by atoms with Gasteiger partial charge >= 0.3 is 0 Å². The molecule has 4 nitrogen and oxygen atoms in total. The summed E-state index contributed by atoms with van der Waals surface area (Å²) in [6.07, 6.45) is 16.9. The lowest BCUT2D eigenvalue weighted by atomic mass is 10.0. The summed E-state index contributed by atoms with van der Waals surface area (Å²) in [5.74, 6) is 1.36. The Balaban J connectivity index is 1.53. The smallest absolute Gasteiger partial charge is 0.244 e. The van der Waals surface area contributed by atoms with Crippen LogP contribution in [0.15, 0.2) is 41.0 Å². The Morgan fingerprint density at radius 3 is 2.77 bits per heavy atom. The minimum atomic E-state index is 0.200. The maximum Gasteiger partial charge on any atom is 0.244 e. The Hall–Kier alpha value is -2.20. The fraction of sp³-hybridized carbons (Fsp3) is 0.538. The number of benzene rings is 1. The lowest BCUT2D eigenvalue weighted by Crippen LogP contribution is -2.12. The van der Waals surface area contributed by atoms with Crippen molar-refractivity contribution in [2.45, 2.75) is 84.1 Å². The second-order valence-electron chi connectivity index (χ2n) is 8.54. The molecule has 0 radical (unpaired) electrons. The number of aryl methyl sites for hydroxylation is 1. The van der Waals surface area contributed by atoms with Gasteiger partial charge in [0.2, 0.25) is 11.7 Å². The van der Waals surface area contributed by atoms with E-state index in [-0.39, 0.29) is 6.04 Å².